The summed E-state index contributed by atoms with van der Waals surface area (Å²) < 4.78 is 16.3. The second kappa shape index (κ2) is 9.00. The van der Waals surface area contributed by atoms with Crippen molar-refractivity contribution in [1.29, 1.82) is 5.26 Å². The smallest absolute Gasteiger partial charge is 0.191 e. The third-order valence-corrected chi connectivity index (χ3v) is 6.38. The highest BCUT2D eigenvalue weighted by atomic mass is 32.2. The second-order valence-corrected chi connectivity index (χ2v) is 8.49. The summed E-state index contributed by atoms with van der Waals surface area (Å²) in [6, 6.07) is 5.58. The van der Waals surface area contributed by atoms with Crippen LogP contribution in [0.1, 0.15) is 55.1 Å². The van der Waals surface area contributed by atoms with Crippen molar-refractivity contribution in [1.82, 2.24) is 19.7 Å². The quantitative estimate of drug-likeness (QED) is 0.423. The zero-order valence-corrected chi connectivity index (χ0v) is 18.1. The topological polar surface area (TPSA) is 79.4 Å². The van der Waals surface area contributed by atoms with Gasteiger partial charge in [-0.05, 0) is 50.1 Å². The maximum atomic E-state index is 14.0. The van der Waals surface area contributed by atoms with Crippen LogP contribution in [0.5, 0.6) is 0 Å². The Morgan fingerprint density at radius 2 is 2.10 bits per heavy atom. The number of anilines is 1. The van der Waals surface area contributed by atoms with Gasteiger partial charge in [0.2, 0.25) is 0 Å². The van der Waals surface area contributed by atoms with Crippen LogP contribution in [0.2, 0.25) is 0 Å². The number of aryl methyl sites for hydroxylation is 2. The molecule has 156 valence electrons. The van der Waals surface area contributed by atoms with E-state index in [2.05, 4.69) is 31.1 Å². The molecule has 0 amide bonds. The first-order valence-corrected chi connectivity index (χ1v) is 11.6. The molecule has 6 nitrogen and oxygen atoms in total. The summed E-state index contributed by atoms with van der Waals surface area (Å²) >= 11 is 1.64. The predicted octanol–water partition coefficient (Wildman–Crippen LogP) is 5.03. The van der Waals surface area contributed by atoms with E-state index in [1.54, 1.807) is 18.0 Å². The molecule has 30 heavy (non-hydrogen) atoms. The Morgan fingerprint density at radius 1 is 1.30 bits per heavy atom. The van der Waals surface area contributed by atoms with Crippen molar-refractivity contribution >= 4 is 28.4 Å². The largest absolute Gasteiger partial charge is 0.383 e. The number of thioether (sulfide) groups is 1. The highest BCUT2D eigenvalue weighted by molar-refractivity contribution is 7.98. The van der Waals surface area contributed by atoms with Crippen LogP contribution < -0.4 is 5.32 Å². The number of hydrogen-bond acceptors (Lipinski definition) is 6. The molecule has 0 bridgehead atoms. The maximum Gasteiger partial charge on any atom is 0.191 e. The van der Waals surface area contributed by atoms with Gasteiger partial charge < -0.3 is 9.88 Å². The highest BCUT2D eigenvalue weighted by Gasteiger charge is 2.23. The minimum absolute atomic E-state index is 0.325. The van der Waals surface area contributed by atoms with E-state index in [-0.39, 0.29) is 5.82 Å². The molecular formula is C22H25FN6S. The van der Waals surface area contributed by atoms with Crippen LogP contribution in [0.25, 0.3) is 10.9 Å². The fourth-order valence-corrected chi connectivity index (χ4v) is 4.89. The van der Waals surface area contributed by atoms with Gasteiger partial charge >= 0.3 is 0 Å². The van der Waals surface area contributed by atoms with Crippen LogP contribution >= 0.6 is 11.8 Å². The van der Waals surface area contributed by atoms with Crippen molar-refractivity contribution in [2.75, 3.05) is 18.1 Å². The molecule has 2 aromatic heterocycles. The Bertz CT molecular complexity index is 1100. The molecular weight excluding hydrogens is 399 g/mol. The summed E-state index contributed by atoms with van der Waals surface area (Å²) in [4.78, 5) is 4.34. The Morgan fingerprint density at radius 3 is 2.83 bits per heavy atom. The summed E-state index contributed by atoms with van der Waals surface area (Å²) in [6.45, 7) is 2.48. The molecule has 1 N–H and O–H groups in total. The van der Waals surface area contributed by atoms with E-state index in [1.807, 2.05) is 13.2 Å². The number of pyridine rings is 1. The van der Waals surface area contributed by atoms with E-state index >= 15 is 0 Å². The number of nitrogens with zero attached hydrogens (tertiary/aromatic N) is 5. The van der Waals surface area contributed by atoms with E-state index in [9.17, 15) is 9.65 Å². The van der Waals surface area contributed by atoms with Gasteiger partial charge in [0, 0.05) is 30.6 Å². The molecule has 0 aliphatic heterocycles. The van der Waals surface area contributed by atoms with Crippen molar-refractivity contribution in [3.05, 3.63) is 41.1 Å². The number of halogens is 1. The number of hydrogen-bond donors (Lipinski definition) is 1. The molecule has 0 spiro atoms. The van der Waals surface area contributed by atoms with Gasteiger partial charge in [-0.25, -0.2) is 4.39 Å². The zero-order valence-electron chi connectivity index (χ0n) is 17.3. The van der Waals surface area contributed by atoms with Crippen LogP contribution in [0.15, 0.2) is 23.5 Å². The number of aromatic nitrogens is 4. The molecule has 1 aromatic carbocycles. The van der Waals surface area contributed by atoms with E-state index in [1.165, 1.54) is 37.8 Å². The summed E-state index contributed by atoms with van der Waals surface area (Å²) in [7, 11) is 0. The summed E-state index contributed by atoms with van der Waals surface area (Å²) in [5.74, 6) is 0.698. The van der Waals surface area contributed by atoms with Crippen molar-refractivity contribution in [3.63, 3.8) is 0 Å². The number of fused-ring (bicyclic) bond motifs is 1. The molecule has 2 heterocycles. The lowest BCUT2D eigenvalue weighted by Gasteiger charge is -2.16. The van der Waals surface area contributed by atoms with Gasteiger partial charge in [0.05, 0.1) is 16.8 Å². The van der Waals surface area contributed by atoms with E-state index < -0.39 is 0 Å². The van der Waals surface area contributed by atoms with Gasteiger partial charge in [-0.3, -0.25) is 4.98 Å². The van der Waals surface area contributed by atoms with Crippen LogP contribution in [-0.4, -0.2) is 32.5 Å². The molecule has 0 atom stereocenters. The fraction of sp³-hybridized carbons (Fsp3) is 0.455. The van der Waals surface area contributed by atoms with E-state index in [0.717, 1.165) is 29.4 Å². The van der Waals surface area contributed by atoms with E-state index in [4.69, 9.17) is 0 Å². The molecule has 0 unspecified atom stereocenters. The lowest BCUT2D eigenvalue weighted by atomic mass is 10.1. The minimum atomic E-state index is -0.325. The molecule has 1 aliphatic rings. The number of rotatable bonds is 7. The average molecular weight is 425 g/mol. The highest BCUT2D eigenvalue weighted by Crippen LogP contribution is 2.33. The third-order valence-electron chi connectivity index (χ3n) is 5.73. The maximum absolute atomic E-state index is 14.0. The Balaban J connectivity index is 1.50. The lowest BCUT2D eigenvalue weighted by molar-refractivity contribution is 0.461. The first kappa shape index (κ1) is 20.6. The summed E-state index contributed by atoms with van der Waals surface area (Å²) in [5.41, 5.74) is 2.54. The molecule has 1 aliphatic carbocycles. The Hall–Kier alpha value is -2.66. The molecule has 3 aromatic rings. The van der Waals surface area contributed by atoms with E-state index in [0.29, 0.717) is 34.7 Å². The number of nitriles is 1. The fourth-order valence-electron chi connectivity index (χ4n) is 4.32. The van der Waals surface area contributed by atoms with Gasteiger partial charge in [-0.2, -0.15) is 5.26 Å². The normalized spacial score (nSPS) is 14.3. The van der Waals surface area contributed by atoms with Gasteiger partial charge in [-0.1, -0.05) is 24.6 Å². The van der Waals surface area contributed by atoms with Crippen molar-refractivity contribution in [2.24, 2.45) is 0 Å². The standard InChI is InChI=1S/C22H25FN6S/c1-14-10-16(23)11-18-20(14)26-13-15(12-24)21(18)25-9-5-8-19-27-28-22(30-2)29(19)17-6-3-4-7-17/h10-11,13,17H,3-9H2,1-2H3,(H,25,26). The summed E-state index contributed by atoms with van der Waals surface area (Å²) in [5, 5.41) is 23.3. The molecule has 1 fully saturated rings. The van der Waals surface area contributed by atoms with Crippen molar-refractivity contribution in [2.45, 2.75) is 56.6 Å². The molecule has 0 saturated heterocycles. The molecule has 0 radical (unpaired) electrons. The average Bonchev–Trinajstić information content (AvgIpc) is 3.40. The first-order chi connectivity index (χ1) is 14.6. The number of nitrogens with one attached hydrogen (secondary N) is 1. The van der Waals surface area contributed by atoms with Crippen LogP contribution in [-0.2, 0) is 6.42 Å². The monoisotopic (exact) mass is 424 g/mol. The Labute approximate surface area is 179 Å². The van der Waals surface area contributed by atoms with Crippen molar-refractivity contribution < 1.29 is 4.39 Å². The van der Waals surface area contributed by atoms with Gasteiger partial charge in [0.15, 0.2) is 5.16 Å². The number of benzene rings is 1. The molecule has 8 heteroatoms. The zero-order chi connectivity index (χ0) is 21.1. The van der Waals surface area contributed by atoms with Crippen molar-refractivity contribution in [3.8, 4) is 6.07 Å². The van der Waals surface area contributed by atoms with Gasteiger partial charge in [0.1, 0.15) is 17.7 Å². The minimum Gasteiger partial charge on any atom is -0.383 e. The molecule has 1 saturated carbocycles. The molecule has 4 rings (SSSR count). The SMILES string of the molecule is CSc1nnc(CCCNc2c(C#N)cnc3c(C)cc(F)cc23)n1C1CCCC1. The first-order valence-electron chi connectivity index (χ1n) is 10.3. The second-order valence-electron chi connectivity index (χ2n) is 7.72. The van der Waals surface area contributed by atoms with Gasteiger partial charge in [0.25, 0.3) is 0 Å². The predicted molar refractivity (Wildman–Crippen MR) is 117 cm³/mol. The lowest BCUT2D eigenvalue weighted by Crippen LogP contribution is -2.12. The van der Waals surface area contributed by atoms with Crippen LogP contribution in [0, 0.1) is 24.1 Å². The van der Waals surface area contributed by atoms with Crippen LogP contribution in [0.3, 0.4) is 0 Å². The van der Waals surface area contributed by atoms with Gasteiger partial charge in [-0.15, -0.1) is 10.2 Å². The van der Waals surface area contributed by atoms with Crippen LogP contribution in [0.4, 0.5) is 10.1 Å². The summed E-state index contributed by atoms with van der Waals surface area (Å²) in [6.07, 6.45) is 10.1. The Kier molecular flexibility index (Phi) is 6.18. The third kappa shape index (κ3) is 3.99.